The number of benzene rings is 2. The summed E-state index contributed by atoms with van der Waals surface area (Å²) in [6.45, 7) is 6.28. The normalized spacial score (nSPS) is 11.0. The van der Waals surface area contributed by atoms with Gasteiger partial charge >= 0.3 is 0 Å². The Hall–Kier alpha value is -4.14. The molecule has 4 aromatic rings. The Kier molecular flexibility index (Phi) is 6.39. The van der Waals surface area contributed by atoms with Gasteiger partial charge in [-0.15, -0.1) is 0 Å². The minimum atomic E-state index is -0.313. The minimum Gasteiger partial charge on any atom is -0.493 e. The zero-order chi connectivity index (χ0) is 23.4. The number of nitrogens with one attached hydrogen (secondary N) is 1. The molecule has 9 nitrogen and oxygen atoms in total. The van der Waals surface area contributed by atoms with Gasteiger partial charge in [0.15, 0.2) is 0 Å². The highest BCUT2D eigenvalue weighted by atomic mass is 16.5. The van der Waals surface area contributed by atoms with Crippen molar-refractivity contribution in [1.82, 2.24) is 19.2 Å². The van der Waals surface area contributed by atoms with Crippen LogP contribution in [0.25, 0.3) is 5.78 Å². The van der Waals surface area contributed by atoms with Crippen LogP contribution in [0.4, 0.5) is 5.69 Å². The number of para-hydroxylation sites is 3. The van der Waals surface area contributed by atoms with Crippen molar-refractivity contribution < 1.29 is 14.3 Å². The predicted molar refractivity (Wildman–Crippen MR) is 124 cm³/mol. The van der Waals surface area contributed by atoms with E-state index in [0.29, 0.717) is 40.8 Å². The summed E-state index contributed by atoms with van der Waals surface area (Å²) < 4.78 is 14.6. The molecule has 1 amide bonds. The van der Waals surface area contributed by atoms with Crippen LogP contribution in [0.5, 0.6) is 11.5 Å². The van der Waals surface area contributed by atoms with Gasteiger partial charge < -0.3 is 14.8 Å². The molecule has 2 aromatic carbocycles. The largest absolute Gasteiger partial charge is 0.493 e. The smallest absolute Gasteiger partial charge is 0.274 e. The van der Waals surface area contributed by atoms with Crippen molar-refractivity contribution in [2.75, 3.05) is 11.9 Å². The third-order valence-corrected chi connectivity index (χ3v) is 4.93. The van der Waals surface area contributed by atoms with Gasteiger partial charge in [-0.1, -0.05) is 24.3 Å². The van der Waals surface area contributed by atoms with E-state index in [9.17, 15) is 9.59 Å². The van der Waals surface area contributed by atoms with Gasteiger partial charge in [0.1, 0.15) is 24.4 Å². The number of fused-ring (bicyclic) bond motifs is 1. The number of nitrogens with zero attached hydrogens (tertiary/aromatic N) is 4. The van der Waals surface area contributed by atoms with Crippen molar-refractivity contribution in [3.63, 3.8) is 0 Å². The summed E-state index contributed by atoms with van der Waals surface area (Å²) in [7, 11) is 0. The summed E-state index contributed by atoms with van der Waals surface area (Å²) in [6.07, 6.45) is 1.59. The van der Waals surface area contributed by atoms with E-state index in [-0.39, 0.29) is 24.1 Å². The molecule has 0 radical (unpaired) electrons. The van der Waals surface area contributed by atoms with Crippen molar-refractivity contribution in [1.29, 1.82) is 0 Å². The molecule has 0 aliphatic heterocycles. The third-order valence-electron chi connectivity index (χ3n) is 4.93. The molecule has 0 bridgehead atoms. The maximum atomic E-state index is 12.9. The van der Waals surface area contributed by atoms with Crippen LogP contribution in [-0.4, -0.2) is 31.7 Å². The Labute approximate surface area is 190 Å². The standard InChI is InChI=1S/C24H25N5O4/c1-4-32-20-11-7-5-9-18(20)23(31)27-19-10-6-8-12-21(19)33-14-17-13-22(30)29-24(26-17)25-15-28(29)16(2)3/h5-13,15-16H,4,14H2,1-3H3,(H,27,31). The molecule has 2 aromatic heterocycles. The fourth-order valence-corrected chi connectivity index (χ4v) is 3.38. The molecular formula is C24H25N5O4. The number of amides is 1. The van der Waals surface area contributed by atoms with Crippen LogP contribution in [-0.2, 0) is 6.61 Å². The van der Waals surface area contributed by atoms with Gasteiger partial charge in [-0.05, 0) is 45.0 Å². The maximum absolute atomic E-state index is 12.9. The van der Waals surface area contributed by atoms with Crippen LogP contribution in [0.15, 0.2) is 65.7 Å². The molecule has 33 heavy (non-hydrogen) atoms. The van der Waals surface area contributed by atoms with E-state index in [0.717, 1.165) is 0 Å². The van der Waals surface area contributed by atoms with E-state index in [4.69, 9.17) is 9.47 Å². The van der Waals surface area contributed by atoms with Gasteiger partial charge in [-0.3, -0.25) is 14.3 Å². The molecule has 0 aliphatic rings. The lowest BCUT2D eigenvalue weighted by Gasteiger charge is -2.14. The topological polar surface area (TPSA) is 99.7 Å². The third kappa shape index (κ3) is 4.72. The molecule has 0 fully saturated rings. The first-order chi connectivity index (χ1) is 16.0. The van der Waals surface area contributed by atoms with E-state index < -0.39 is 0 Å². The predicted octanol–water partition coefficient (Wildman–Crippen LogP) is 3.70. The maximum Gasteiger partial charge on any atom is 0.274 e. The van der Waals surface area contributed by atoms with E-state index >= 15 is 0 Å². The lowest BCUT2D eigenvalue weighted by Crippen LogP contribution is -2.23. The first kappa shape index (κ1) is 22.1. The molecule has 0 unspecified atom stereocenters. The Morgan fingerprint density at radius 2 is 1.79 bits per heavy atom. The van der Waals surface area contributed by atoms with Gasteiger partial charge in [-0.2, -0.15) is 9.50 Å². The van der Waals surface area contributed by atoms with E-state index in [1.54, 1.807) is 53.5 Å². The molecular weight excluding hydrogens is 422 g/mol. The SMILES string of the molecule is CCOc1ccccc1C(=O)Nc1ccccc1OCc1cc(=O)n2c(ncn2C(C)C)n1. The first-order valence-electron chi connectivity index (χ1n) is 10.7. The Morgan fingerprint density at radius 3 is 2.55 bits per heavy atom. The second-order valence-corrected chi connectivity index (χ2v) is 7.58. The second-order valence-electron chi connectivity index (χ2n) is 7.58. The van der Waals surface area contributed by atoms with E-state index in [2.05, 4.69) is 15.3 Å². The summed E-state index contributed by atoms with van der Waals surface area (Å²) in [5.74, 6) is 0.959. The van der Waals surface area contributed by atoms with Gasteiger partial charge in [0.2, 0.25) is 0 Å². The van der Waals surface area contributed by atoms with Crippen LogP contribution in [0, 0.1) is 0 Å². The number of carbonyl (C=O) groups excluding carboxylic acids is 1. The fraction of sp³-hybridized carbons (Fsp3) is 0.250. The molecule has 170 valence electrons. The van der Waals surface area contributed by atoms with Crippen molar-refractivity contribution in [2.45, 2.75) is 33.4 Å². The number of hydrogen-bond acceptors (Lipinski definition) is 6. The van der Waals surface area contributed by atoms with Crippen LogP contribution in [0.1, 0.15) is 42.9 Å². The Bertz CT molecular complexity index is 1340. The molecule has 2 heterocycles. The number of ether oxygens (including phenoxy) is 2. The summed E-state index contributed by atoms with van der Waals surface area (Å²) in [5.41, 5.74) is 1.13. The Morgan fingerprint density at radius 1 is 1.06 bits per heavy atom. The van der Waals surface area contributed by atoms with Crippen molar-refractivity contribution in [3.05, 3.63) is 82.5 Å². The number of hydrogen-bond donors (Lipinski definition) is 1. The molecule has 0 saturated carbocycles. The van der Waals surface area contributed by atoms with Gasteiger partial charge in [0.05, 0.1) is 23.6 Å². The number of carbonyl (C=O) groups is 1. The van der Waals surface area contributed by atoms with Gasteiger partial charge in [-0.25, -0.2) is 4.98 Å². The summed E-state index contributed by atoms with van der Waals surface area (Å²) in [4.78, 5) is 34.1. The van der Waals surface area contributed by atoms with E-state index in [1.807, 2.05) is 26.8 Å². The van der Waals surface area contributed by atoms with Crippen molar-refractivity contribution in [3.8, 4) is 11.5 Å². The quantitative estimate of drug-likeness (QED) is 0.442. The van der Waals surface area contributed by atoms with E-state index in [1.165, 1.54) is 10.6 Å². The lowest BCUT2D eigenvalue weighted by atomic mass is 10.1. The summed E-state index contributed by atoms with van der Waals surface area (Å²) >= 11 is 0. The lowest BCUT2D eigenvalue weighted by molar-refractivity contribution is 0.102. The van der Waals surface area contributed by atoms with Crippen molar-refractivity contribution >= 4 is 17.4 Å². The number of rotatable bonds is 8. The molecule has 0 aliphatic carbocycles. The average Bonchev–Trinajstić information content (AvgIpc) is 3.24. The molecule has 0 spiro atoms. The van der Waals surface area contributed by atoms with Crippen LogP contribution < -0.4 is 20.3 Å². The highest BCUT2D eigenvalue weighted by Crippen LogP contribution is 2.27. The first-order valence-corrected chi connectivity index (χ1v) is 10.7. The molecule has 0 atom stereocenters. The zero-order valence-electron chi connectivity index (χ0n) is 18.7. The van der Waals surface area contributed by atoms with Crippen LogP contribution in [0.2, 0.25) is 0 Å². The molecule has 1 N–H and O–H groups in total. The van der Waals surface area contributed by atoms with Gasteiger partial charge in [0.25, 0.3) is 17.2 Å². The molecule has 0 saturated heterocycles. The van der Waals surface area contributed by atoms with Crippen LogP contribution in [0.3, 0.4) is 0 Å². The second kappa shape index (κ2) is 9.56. The van der Waals surface area contributed by atoms with Crippen molar-refractivity contribution in [2.24, 2.45) is 0 Å². The summed E-state index contributed by atoms with van der Waals surface area (Å²) in [6, 6.07) is 15.6. The Balaban J connectivity index is 1.53. The number of aromatic nitrogens is 4. The zero-order valence-corrected chi connectivity index (χ0v) is 18.7. The van der Waals surface area contributed by atoms with Crippen LogP contribution >= 0.6 is 0 Å². The highest BCUT2D eigenvalue weighted by molar-refractivity contribution is 6.06. The highest BCUT2D eigenvalue weighted by Gasteiger charge is 2.15. The summed E-state index contributed by atoms with van der Waals surface area (Å²) in [5, 5.41) is 2.87. The average molecular weight is 447 g/mol. The minimum absolute atomic E-state index is 0.0443. The fourth-order valence-electron chi connectivity index (χ4n) is 3.38. The monoisotopic (exact) mass is 447 g/mol. The van der Waals surface area contributed by atoms with Gasteiger partial charge in [0, 0.05) is 12.1 Å². The molecule has 4 rings (SSSR count). The number of anilines is 1. The molecule has 9 heteroatoms.